The fourth-order valence-electron chi connectivity index (χ4n) is 4.04. The van der Waals surface area contributed by atoms with Gasteiger partial charge in [0.15, 0.2) is 11.5 Å². The van der Waals surface area contributed by atoms with Gasteiger partial charge >= 0.3 is 0 Å². The molecule has 1 amide bonds. The Hall–Kier alpha value is -2.53. The zero-order valence-corrected chi connectivity index (χ0v) is 16.4. The van der Waals surface area contributed by atoms with E-state index in [0.29, 0.717) is 17.1 Å². The number of hydrogen-bond acceptors (Lipinski definition) is 4. The highest BCUT2D eigenvalue weighted by molar-refractivity contribution is 5.94. The van der Waals surface area contributed by atoms with E-state index in [-0.39, 0.29) is 28.8 Å². The van der Waals surface area contributed by atoms with Crippen molar-refractivity contribution in [2.45, 2.75) is 57.7 Å². The zero-order chi connectivity index (χ0) is 19.7. The van der Waals surface area contributed by atoms with Crippen LogP contribution in [0.5, 0.6) is 17.2 Å². The number of benzene rings is 2. The average Bonchev–Trinajstić information content (AvgIpc) is 2.54. The highest BCUT2D eigenvalue weighted by Gasteiger charge is 2.38. The smallest absolute Gasteiger partial charge is 0.251 e. The van der Waals surface area contributed by atoms with Crippen molar-refractivity contribution >= 4 is 5.91 Å². The molecule has 1 aliphatic heterocycles. The summed E-state index contributed by atoms with van der Waals surface area (Å²) in [6, 6.07) is 13.9. The number of aromatic hydroxyl groups is 1. The van der Waals surface area contributed by atoms with Gasteiger partial charge in [-0.25, -0.2) is 0 Å². The maximum absolute atomic E-state index is 12.6. The lowest BCUT2D eigenvalue weighted by Crippen LogP contribution is -2.62. The molecule has 0 radical (unpaired) electrons. The highest BCUT2D eigenvalue weighted by atomic mass is 16.5. The Bertz CT molecular complexity index is 797. The SMILES string of the molecule is CC1(C)CC(NC(=O)c2ccc(Oc3ccccc3O)cc2)CC(C)(C)N1. The molecule has 0 spiro atoms. The number of ether oxygens (including phenoxy) is 1. The van der Waals surface area contributed by atoms with E-state index in [0.717, 1.165) is 12.8 Å². The molecule has 1 fully saturated rings. The van der Waals surface area contributed by atoms with Gasteiger partial charge in [-0.1, -0.05) is 12.1 Å². The minimum atomic E-state index is -0.0809. The number of carbonyl (C=O) groups excluding carboxylic acids is 1. The predicted molar refractivity (Wildman–Crippen MR) is 106 cm³/mol. The van der Waals surface area contributed by atoms with Gasteiger partial charge in [0.2, 0.25) is 0 Å². The molecular weight excluding hydrogens is 340 g/mol. The molecule has 1 aliphatic rings. The summed E-state index contributed by atoms with van der Waals surface area (Å²) in [7, 11) is 0. The Kier molecular flexibility index (Phi) is 5.16. The Labute approximate surface area is 160 Å². The molecule has 27 heavy (non-hydrogen) atoms. The number of piperidine rings is 1. The summed E-state index contributed by atoms with van der Waals surface area (Å²) in [5.41, 5.74) is 0.554. The largest absolute Gasteiger partial charge is 0.504 e. The number of nitrogens with one attached hydrogen (secondary N) is 2. The fourth-order valence-corrected chi connectivity index (χ4v) is 4.04. The molecule has 5 heteroatoms. The van der Waals surface area contributed by atoms with E-state index in [1.165, 1.54) is 0 Å². The van der Waals surface area contributed by atoms with Crippen LogP contribution in [0.15, 0.2) is 48.5 Å². The second-order valence-corrected chi connectivity index (χ2v) is 8.57. The second-order valence-electron chi connectivity index (χ2n) is 8.57. The molecule has 0 aromatic heterocycles. The molecule has 5 nitrogen and oxygen atoms in total. The van der Waals surface area contributed by atoms with E-state index < -0.39 is 0 Å². The van der Waals surface area contributed by atoms with Crippen molar-refractivity contribution in [1.82, 2.24) is 10.6 Å². The first-order valence-corrected chi connectivity index (χ1v) is 9.30. The fraction of sp³-hybridized carbons (Fsp3) is 0.409. The number of phenolic OH excluding ortho intramolecular Hbond substituents is 1. The van der Waals surface area contributed by atoms with Crippen molar-refractivity contribution in [2.24, 2.45) is 0 Å². The molecule has 2 aromatic carbocycles. The molecule has 0 unspecified atom stereocenters. The summed E-state index contributed by atoms with van der Waals surface area (Å²) in [6.45, 7) is 8.66. The third-order valence-electron chi connectivity index (χ3n) is 4.73. The van der Waals surface area contributed by atoms with Crippen molar-refractivity contribution < 1.29 is 14.6 Å². The van der Waals surface area contributed by atoms with Crippen LogP contribution in [0.2, 0.25) is 0 Å². The van der Waals surface area contributed by atoms with Crippen molar-refractivity contribution in [2.75, 3.05) is 0 Å². The zero-order valence-electron chi connectivity index (χ0n) is 16.4. The summed E-state index contributed by atoms with van der Waals surface area (Å²) in [5.74, 6) is 0.948. The van der Waals surface area contributed by atoms with Crippen LogP contribution in [0.3, 0.4) is 0 Å². The van der Waals surface area contributed by atoms with E-state index in [2.05, 4.69) is 38.3 Å². The second kappa shape index (κ2) is 7.24. The molecule has 0 aliphatic carbocycles. The highest BCUT2D eigenvalue weighted by Crippen LogP contribution is 2.31. The van der Waals surface area contributed by atoms with Crippen LogP contribution < -0.4 is 15.4 Å². The Morgan fingerprint density at radius 2 is 1.63 bits per heavy atom. The monoisotopic (exact) mass is 368 g/mol. The lowest BCUT2D eigenvalue weighted by Gasteiger charge is -2.46. The lowest BCUT2D eigenvalue weighted by molar-refractivity contribution is 0.0873. The topological polar surface area (TPSA) is 70.6 Å². The summed E-state index contributed by atoms with van der Waals surface area (Å²) in [4.78, 5) is 12.6. The quantitative estimate of drug-likeness (QED) is 0.755. The van der Waals surface area contributed by atoms with Gasteiger partial charge in [-0.05, 0) is 76.9 Å². The summed E-state index contributed by atoms with van der Waals surface area (Å²) >= 11 is 0. The van der Waals surface area contributed by atoms with Gasteiger partial charge in [-0.15, -0.1) is 0 Å². The first-order chi connectivity index (χ1) is 12.6. The summed E-state index contributed by atoms with van der Waals surface area (Å²) < 4.78 is 5.66. The first-order valence-electron chi connectivity index (χ1n) is 9.30. The molecular formula is C22H28N2O3. The van der Waals surface area contributed by atoms with Crippen LogP contribution in [-0.2, 0) is 0 Å². The molecule has 1 heterocycles. The normalized spacial score (nSPS) is 18.7. The maximum Gasteiger partial charge on any atom is 0.251 e. The third-order valence-corrected chi connectivity index (χ3v) is 4.73. The molecule has 0 saturated carbocycles. The van der Waals surface area contributed by atoms with Crippen molar-refractivity contribution in [1.29, 1.82) is 0 Å². The molecule has 1 saturated heterocycles. The molecule has 3 N–H and O–H groups in total. The number of hydrogen-bond donors (Lipinski definition) is 3. The molecule has 144 valence electrons. The Morgan fingerprint density at radius 1 is 1.04 bits per heavy atom. The minimum absolute atomic E-state index is 0.0188. The van der Waals surface area contributed by atoms with E-state index in [1.54, 1.807) is 48.5 Å². The molecule has 3 rings (SSSR count). The molecule has 0 atom stereocenters. The number of para-hydroxylation sites is 2. The van der Waals surface area contributed by atoms with Crippen LogP contribution in [0.25, 0.3) is 0 Å². The number of carbonyl (C=O) groups is 1. The van der Waals surface area contributed by atoms with Gasteiger partial charge in [0, 0.05) is 22.7 Å². The predicted octanol–water partition coefficient (Wildman–Crippen LogP) is 4.22. The van der Waals surface area contributed by atoms with Crippen LogP contribution in [-0.4, -0.2) is 28.1 Å². The van der Waals surface area contributed by atoms with Crippen molar-refractivity contribution in [3.8, 4) is 17.2 Å². The van der Waals surface area contributed by atoms with E-state index >= 15 is 0 Å². The number of amides is 1. The van der Waals surface area contributed by atoms with E-state index in [4.69, 9.17) is 4.74 Å². The lowest BCUT2D eigenvalue weighted by atomic mass is 9.79. The molecule has 0 bridgehead atoms. The standard InChI is InChI=1S/C22H28N2O3/c1-21(2)13-16(14-22(3,4)24-21)23-20(26)15-9-11-17(12-10-15)27-19-8-6-5-7-18(19)25/h5-12,16,24-25H,13-14H2,1-4H3,(H,23,26). The summed E-state index contributed by atoms with van der Waals surface area (Å²) in [6.07, 6.45) is 1.77. The van der Waals surface area contributed by atoms with Gasteiger partial charge in [-0.3, -0.25) is 4.79 Å². The van der Waals surface area contributed by atoms with Gasteiger partial charge in [0.1, 0.15) is 5.75 Å². The maximum atomic E-state index is 12.6. The van der Waals surface area contributed by atoms with Crippen molar-refractivity contribution in [3.05, 3.63) is 54.1 Å². The Balaban J connectivity index is 1.65. The van der Waals surface area contributed by atoms with Gasteiger partial charge in [-0.2, -0.15) is 0 Å². The average molecular weight is 368 g/mol. The number of rotatable bonds is 4. The van der Waals surface area contributed by atoms with Crippen LogP contribution in [0, 0.1) is 0 Å². The molecule has 2 aromatic rings. The van der Waals surface area contributed by atoms with Crippen LogP contribution in [0.4, 0.5) is 0 Å². The van der Waals surface area contributed by atoms with Crippen LogP contribution >= 0.6 is 0 Å². The Morgan fingerprint density at radius 3 is 2.22 bits per heavy atom. The summed E-state index contributed by atoms with van der Waals surface area (Å²) in [5, 5.41) is 16.6. The number of phenols is 1. The van der Waals surface area contributed by atoms with Crippen LogP contribution in [0.1, 0.15) is 50.9 Å². The van der Waals surface area contributed by atoms with E-state index in [1.807, 2.05) is 0 Å². The van der Waals surface area contributed by atoms with Gasteiger partial charge in [0.05, 0.1) is 0 Å². The third kappa shape index (κ3) is 5.01. The van der Waals surface area contributed by atoms with E-state index in [9.17, 15) is 9.90 Å². The first kappa shape index (κ1) is 19.2. The van der Waals surface area contributed by atoms with Gasteiger partial charge in [0.25, 0.3) is 5.91 Å². The minimum Gasteiger partial charge on any atom is -0.504 e. The van der Waals surface area contributed by atoms with Crippen molar-refractivity contribution in [3.63, 3.8) is 0 Å². The van der Waals surface area contributed by atoms with Gasteiger partial charge < -0.3 is 20.5 Å².